The number of nitrogens with zero attached hydrogens (tertiary/aromatic N) is 2. The molecule has 2 amide bonds. The second-order valence-corrected chi connectivity index (χ2v) is 9.10. The number of fused-ring (bicyclic) bond motifs is 1. The van der Waals surface area contributed by atoms with Gasteiger partial charge in [-0.3, -0.25) is 9.80 Å². The molecule has 224 valence electrons. The number of hydrogen-bond acceptors (Lipinski definition) is 6. The second-order valence-electron chi connectivity index (χ2n) is 9.10. The third-order valence-corrected chi connectivity index (χ3v) is 6.45. The van der Waals surface area contributed by atoms with Crippen LogP contribution in [0.4, 0.5) is 41.6 Å². The highest BCUT2D eigenvalue weighted by Gasteiger charge is 2.42. The van der Waals surface area contributed by atoms with Crippen LogP contribution in [0.5, 0.6) is 5.75 Å². The Morgan fingerprint density at radius 1 is 1.00 bits per heavy atom. The summed E-state index contributed by atoms with van der Waals surface area (Å²) in [6.07, 6.45) is -12.2. The van der Waals surface area contributed by atoms with Crippen molar-refractivity contribution in [3.05, 3.63) is 58.1 Å². The molecule has 0 saturated carbocycles. The van der Waals surface area contributed by atoms with Gasteiger partial charge in [-0.1, -0.05) is 0 Å². The number of alkyl halides is 6. The largest absolute Gasteiger partial charge is 0.496 e. The summed E-state index contributed by atoms with van der Waals surface area (Å²) in [5.41, 5.74) is -3.83. The molecule has 0 spiro atoms. The van der Waals surface area contributed by atoms with Crippen LogP contribution in [0.3, 0.4) is 0 Å². The predicted molar refractivity (Wildman–Crippen MR) is 131 cm³/mol. The highest BCUT2D eigenvalue weighted by atomic mass is 19.4. The third-order valence-electron chi connectivity index (χ3n) is 6.45. The van der Waals surface area contributed by atoms with Gasteiger partial charge in [-0.2, -0.15) is 26.3 Å². The first-order valence-corrected chi connectivity index (χ1v) is 12.1. The summed E-state index contributed by atoms with van der Waals surface area (Å²) in [7, 11) is 2.16. The molecule has 0 saturated heterocycles. The third kappa shape index (κ3) is 6.60. The van der Waals surface area contributed by atoms with E-state index in [9.17, 15) is 45.8 Å². The lowest BCUT2D eigenvalue weighted by molar-refractivity contribution is -0.143. The molecular formula is C26H26F6N2O7. The van der Waals surface area contributed by atoms with Crippen molar-refractivity contribution in [3.8, 4) is 5.75 Å². The van der Waals surface area contributed by atoms with Crippen molar-refractivity contribution in [2.45, 2.75) is 51.2 Å². The van der Waals surface area contributed by atoms with Gasteiger partial charge in [-0.25, -0.2) is 14.4 Å². The van der Waals surface area contributed by atoms with Crippen LogP contribution < -0.4 is 9.64 Å². The molecule has 15 heteroatoms. The number of benzene rings is 2. The summed E-state index contributed by atoms with van der Waals surface area (Å²) in [5.74, 6) is -1.57. The van der Waals surface area contributed by atoms with E-state index in [1.54, 1.807) is 13.8 Å². The number of rotatable bonds is 6. The lowest BCUT2D eigenvalue weighted by atomic mass is 9.89. The van der Waals surface area contributed by atoms with E-state index in [1.807, 2.05) is 0 Å². The van der Waals surface area contributed by atoms with Crippen LogP contribution in [0, 0.1) is 0 Å². The van der Waals surface area contributed by atoms with Gasteiger partial charge in [0, 0.05) is 18.2 Å². The van der Waals surface area contributed by atoms with Gasteiger partial charge in [0.15, 0.2) is 0 Å². The normalized spacial score (nSPS) is 17.0. The Morgan fingerprint density at radius 2 is 1.59 bits per heavy atom. The summed E-state index contributed by atoms with van der Waals surface area (Å²) in [5, 5.41) is 9.69. The van der Waals surface area contributed by atoms with Crippen LogP contribution in [0.25, 0.3) is 0 Å². The van der Waals surface area contributed by atoms with Crippen molar-refractivity contribution in [3.63, 3.8) is 0 Å². The summed E-state index contributed by atoms with van der Waals surface area (Å²) in [6, 6.07) is 1.47. The van der Waals surface area contributed by atoms with Crippen molar-refractivity contribution in [2.24, 2.45) is 0 Å². The quantitative estimate of drug-likeness (QED) is 0.382. The van der Waals surface area contributed by atoms with E-state index in [-0.39, 0.29) is 41.7 Å². The zero-order valence-electron chi connectivity index (χ0n) is 22.2. The Hall–Kier alpha value is -4.17. The minimum absolute atomic E-state index is 0.000624. The van der Waals surface area contributed by atoms with Crippen molar-refractivity contribution in [1.29, 1.82) is 0 Å². The number of carbonyl (C=O) groups is 3. The number of anilines is 1. The molecule has 0 fully saturated rings. The van der Waals surface area contributed by atoms with E-state index in [0.29, 0.717) is 12.1 Å². The minimum atomic E-state index is -5.11. The molecule has 2 atom stereocenters. The fraction of sp³-hybridized carbons (Fsp3) is 0.423. The van der Waals surface area contributed by atoms with E-state index in [2.05, 4.69) is 0 Å². The standard InChI is InChI=1S/C26H26F6N2O7/c1-5-41-24(38)34-13(2)6-19(17-11-21(39-3)18(22(35)36)10-20(17)34)33(23(37)40-4)12-14-7-15(25(27,28)29)9-16(8-14)26(30,31)32/h7-11,13,19H,5-6,12H2,1-4H3,(H,35,36)/t13-,19+/m0/s1. The summed E-state index contributed by atoms with van der Waals surface area (Å²) in [6.45, 7) is 2.34. The molecule has 0 aliphatic carbocycles. The molecule has 41 heavy (non-hydrogen) atoms. The first-order chi connectivity index (χ1) is 19.0. The van der Waals surface area contributed by atoms with E-state index >= 15 is 0 Å². The molecular weight excluding hydrogens is 566 g/mol. The van der Waals surface area contributed by atoms with Crippen molar-refractivity contribution in [2.75, 3.05) is 25.7 Å². The highest BCUT2D eigenvalue weighted by Crippen LogP contribution is 2.45. The maximum Gasteiger partial charge on any atom is 0.416 e. The van der Waals surface area contributed by atoms with Crippen molar-refractivity contribution >= 4 is 23.8 Å². The van der Waals surface area contributed by atoms with E-state index in [4.69, 9.17) is 14.2 Å². The number of amides is 2. The van der Waals surface area contributed by atoms with E-state index < -0.39 is 65.8 Å². The monoisotopic (exact) mass is 592 g/mol. The molecule has 2 aromatic rings. The van der Waals surface area contributed by atoms with Crippen molar-refractivity contribution in [1.82, 2.24) is 4.90 Å². The van der Waals surface area contributed by atoms with Crippen LogP contribution in [0.15, 0.2) is 30.3 Å². The number of carboxylic acid groups (broad SMARTS) is 1. The Bertz CT molecular complexity index is 1300. The molecule has 0 bridgehead atoms. The number of aromatic carboxylic acids is 1. The average molecular weight is 592 g/mol. The predicted octanol–water partition coefficient (Wildman–Crippen LogP) is 6.50. The highest BCUT2D eigenvalue weighted by molar-refractivity contribution is 5.97. The van der Waals surface area contributed by atoms with E-state index in [0.717, 1.165) is 23.0 Å². The fourth-order valence-corrected chi connectivity index (χ4v) is 4.68. The Balaban J connectivity index is 2.23. The summed E-state index contributed by atoms with van der Waals surface area (Å²) < 4.78 is 96.0. The fourth-order valence-electron chi connectivity index (χ4n) is 4.68. The van der Waals surface area contributed by atoms with Crippen molar-refractivity contribution < 1.29 is 60.0 Å². The molecule has 1 heterocycles. The van der Waals surface area contributed by atoms with Gasteiger partial charge in [0.1, 0.15) is 11.3 Å². The molecule has 0 unspecified atom stereocenters. The lowest BCUT2D eigenvalue weighted by Crippen LogP contribution is -2.47. The number of halogens is 6. The Kier molecular flexibility index (Phi) is 8.98. The molecule has 2 aromatic carbocycles. The first-order valence-electron chi connectivity index (χ1n) is 12.1. The average Bonchev–Trinajstić information content (AvgIpc) is 2.89. The van der Waals surface area contributed by atoms with Gasteiger partial charge in [0.2, 0.25) is 0 Å². The number of hydrogen-bond donors (Lipinski definition) is 1. The topological polar surface area (TPSA) is 106 Å². The maximum atomic E-state index is 13.5. The number of carbonyl (C=O) groups excluding carboxylic acids is 2. The number of ether oxygens (including phenoxy) is 3. The van der Waals surface area contributed by atoms with Gasteiger partial charge < -0.3 is 19.3 Å². The molecule has 0 aromatic heterocycles. The smallest absolute Gasteiger partial charge is 0.416 e. The molecule has 9 nitrogen and oxygen atoms in total. The van der Waals surface area contributed by atoms with Crippen LogP contribution >= 0.6 is 0 Å². The van der Waals surface area contributed by atoms with Crippen LogP contribution in [-0.4, -0.2) is 55.0 Å². The van der Waals surface area contributed by atoms with Gasteiger partial charge in [-0.15, -0.1) is 0 Å². The molecule has 1 N–H and O–H groups in total. The van der Waals surface area contributed by atoms with Gasteiger partial charge in [0.05, 0.1) is 43.7 Å². The van der Waals surface area contributed by atoms with Gasteiger partial charge >= 0.3 is 30.5 Å². The van der Waals surface area contributed by atoms with Crippen LogP contribution in [-0.2, 0) is 28.4 Å². The van der Waals surface area contributed by atoms with Gasteiger partial charge in [0.25, 0.3) is 0 Å². The SMILES string of the molecule is CCOC(=O)N1c2cc(C(=O)O)c(OC)cc2[C@H](N(Cc2cc(C(F)(F)F)cc(C(F)(F)F)c2)C(=O)OC)C[C@@H]1C. The maximum absolute atomic E-state index is 13.5. The number of methoxy groups -OCH3 is 2. The zero-order valence-corrected chi connectivity index (χ0v) is 22.2. The molecule has 1 aliphatic heterocycles. The van der Waals surface area contributed by atoms with Gasteiger partial charge in [-0.05, 0) is 56.2 Å². The second kappa shape index (κ2) is 11.7. The Labute approximate surface area is 230 Å². The summed E-state index contributed by atoms with van der Waals surface area (Å²) in [4.78, 5) is 39.8. The summed E-state index contributed by atoms with van der Waals surface area (Å²) >= 11 is 0. The van der Waals surface area contributed by atoms with Crippen LogP contribution in [0.1, 0.15) is 58.9 Å². The minimum Gasteiger partial charge on any atom is -0.496 e. The van der Waals surface area contributed by atoms with Crippen LogP contribution in [0.2, 0.25) is 0 Å². The lowest BCUT2D eigenvalue weighted by Gasteiger charge is -2.42. The molecule has 1 aliphatic rings. The zero-order chi connectivity index (χ0) is 30.9. The van der Waals surface area contributed by atoms with E-state index in [1.165, 1.54) is 13.2 Å². The Morgan fingerprint density at radius 3 is 2.05 bits per heavy atom. The molecule has 3 rings (SSSR count). The number of carboxylic acids is 1. The first kappa shape index (κ1) is 31.4. The molecule has 0 radical (unpaired) electrons.